The standard InChI is InChI=1S/C23H19N5OS.C22H23N5OS.C21H23N7OS.C20H20N6O2S/c1-28(18-12-16(8-9-19(18)29-2)15-6-4-3-5-7-15)23-20-21(17-10-11-30-13-17)26-27-22(20)24-14-25-23;1-28-18-8-7-15(14-5-3-2-4-6-14)11-17(18)25-21-19-20(16-9-10-29-12-16)26-27-22(19)24-13-23-21;1-27-6-8-28(9-7-27)15-3-4-17(29-2)16(11-15)24-20-18-19(14-5-10-30-12-14)25-26-21(18)23-13-22-20;1-27-16-3-2-14(26-5-7-28-8-6-26)10-15(16)23-19-17-18(13-4-9-29-11-13)24-25-20(17)22-12-21-19/h3-14H,1-2H3,(H,24,25,26,27);7-14H,2-6H2,1H3,(H2,23,24,25,26,27);3-5,10-13H,6-9H2,1-2H3,(H2,22,23,24,25,26);2-4,9-12H,5-8H2,1H3,(H2,21,22,23,24,25). The van der Waals surface area contributed by atoms with Crippen LogP contribution in [0.15, 0.2) is 196 Å². The molecule has 14 heterocycles. The number of ether oxygens (including phenoxy) is 5. The number of thiophene rings is 4. The summed E-state index contributed by atoms with van der Waals surface area (Å²) < 4.78 is 28.0. The molecule has 1 aliphatic carbocycles. The minimum absolute atomic E-state index is 0.618. The number of nitrogens with zero attached hydrogens (tertiary/aromatic N) is 16. The summed E-state index contributed by atoms with van der Waals surface area (Å²) in [4.78, 5) is 44.5. The number of anilines is 10. The molecule has 12 aromatic heterocycles. The third-order valence-electron chi connectivity index (χ3n) is 21.3. The number of fused-ring (bicyclic) bond motifs is 4. The number of H-pyrrole nitrogens is 4. The van der Waals surface area contributed by atoms with Crippen LogP contribution in [0.1, 0.15) is 43.6 Å². The summed E-state index contributed by atoms with van der Waals surface area (Å²) in [7, 11) is 10.9. The lowest BCUT2D eigenvalue weighted by molar-refractivity contribution is 0.122. The third kappa shape index (κ3) is 16.7. The Morgan fingerprint density at radius 1 is 0.407 bits per heavy atom. The van der Waals surface area contributed by atoms with Gasteiger partial charge in [0.1, 0.15) is 71.6 Å². The van der Waals surface area contributed by atoms with E-state index >= 15 is 0 Å². The molecule has 20 rings (SSSR count). The second-order valence-corrected chi connectivity index (χ2v) is 31.4. The molecule has 0 unspecified atom stereocenters. The molecule has 17 aromatic rings. The number of rotatable bonds is 20. The van der Waals surface area contributed by atoms with Gasteiger partial charge in [0.25, 0.3) is 0 Å². The first kappa shape index (κ1) is 77.6. The minimum Gasteiger partial charge on any atom is -0.495 e. The highest BCUT2D eigenvalue weighted by Crippen LogP contribution is 2.45. The molecule has 2 aliphatic heterocycles. The van der Waals surface area contributed by atoms with Gasteiger partial charge in [0.2, 0.25) is 0 Å². The number of morpholine rings is 1. The monoisotopic (exact) mass is 1650 g/mol. The Hall–Kier alpha value is -13.0. The van der Waals surface area contributed by atoms with Gasteiger partial charge < -0.3 is 59.2 Å². The predicted molar refractivity (Wildman–Crippen MR) is 474 cm³/mol. The molecule has 7 N–H and O–H groups in total. The number of methoxy groups -OCH3 is 4. The molecule has 0 spiro atoms. The molecule has 0 amide bonds. The quantitative estimate of drug-likeness (QED) is 0.0373. The smallest absolute Gasteiger partial charge is 0.186 e. The molecule has 28 nitrogen and oxygen atoms in total. The highest BCUT2D eigenvalue weighted by molar-refractivity contribution is 7.09. The average molecular weight is 1650 g/mol. The molecule has 0 atom stereocenters. The van der Waals surface area contributed by atoms with Gasteiger partial charge in [0.15, 0.2) is 22.6 Å². The number of piperazine rings is 1. The maximum atomic E-state index is 5.67. The van der Waals surface area contributed by atoms with Crippen LogP contribution in [0.3, 0.4) is 0 Å². The van der Waals surface area contributed by atoms with Crippen LogP contribution in [0.25, 0.3) is 100 Å². The lowest BCUT2D eigenvalue weighted by Gasteiger charge is -2.34. The molecule has 32 heteroatoms. The number of aromatic amines is 4. The van der Waals surface area contributed by atoms with E-state index in [4.69, 9.17) is 23.7 Å². The topological polar surface area (TPSA) is 313 Å². The Balaban J connectivity index is 0.000000113. The summed E-state index contributed by atoms with van der Waals surface area (Å²) in [5.74, 6) is 6.57. The molecular formula is C86H85N23O5S4. The summed E-state index contributed by atoms with van der Waals surface area (Å²) in [5, 5.41) is 60.3. The average Bonchev–Trinajstić information content (AvgIpc) is 1.60. The minimum atomic E-state index is 0.618. The molecule has 2 saturated heterocycles. The third-order valence-corrected chi connectivity index (χ3v) is 24.0. The van der Waals surface area contributed by atoms with E-state index in [-0.39, 0.29) is 0 Å². The van der Waals surface area contributed by atoms with Crippen LogP contribution >= 0.6 is 45.3 Å². The molecule has 0 radical (unpaired) electrons. The maximum Gasteiger partial charge on any atom is 0.186 e. The Kier molecular flexibility index (Phi) is 23.7. The summed E-state index contributed by atoms with van der Waals surface area (Å²) in [5.41, 5.74) is 19.9. The van der Waals surface area contributed by atoms with Crippen LogP contribution in [-0.2, 0) is 4.74 Å². The van der Waals surface area contributed by atoms with Crippen molar-refractivity contribution >= 4 is 147 Å². The number of benzene rings is 5. The van der Waals surface area contributed by atoms with E-state index in [0.29, 0.717) is 40.1 Å². The van der Waals surface area contributed by atoms with E-state index < -0.39 is 0 Å². The second-order valence-electron chi connectivity index (χ2n) is 28.2. The zero-order valence-corrected chi connectivity index (χ0v) is 68.9. The Bertz CT molecular complexity index is 6000. The Morgan fingerprint density at radius 3 is 1.27 bits per heavy atom. The van der Waals surface area contributed by atoms with Crippen molar-refractivity contribution in [2.45, 2.75) is 38.0 Å². The SMILES string of the molecule is COc1ccc(-c2ccccc2)cc1N(C)c1ncnc2n[nH]c(-c3ccsc3)c12.COc1ccc(C2CCCCC2)cc1Nc1ncnc2n[nH]c(-c3ccsc3)c12.COc1ccc(N2CCN(C)CC2)cc1Nc1ncnc2n[nH]c(-c3ccsc3)c12.COc1ccc(N2CCOCC2)cc1Nc1ncnc2n[nH]c(-c3ccsc3)c12. The molecule has 118 heavy (non-hydrogen) atoms. The van der Waals surface area contributed by atoms with E-state index in [1.54, 1.807) is 86.4 Å². The number of aromatic nitrogens is 16. The van der Waals surface area contributed by atoms with Crippen molar-refractivity contribution in [1.29, 1.82) is 0 Å². The molecule has 3 fully saturated rings. The van der Waals surface area contributed by atoms with Gasteiger partial charge in [-0.25, -0.2) is 39.9 Å². The first-order valence-electron chi connectivity index (χ1n) is 38.6. The first-order chi connectivity index (χ1) is 58.1. The van der Waals surface area contributed by atoms with Gasteiger partial charge in [-0.15, -0.1) is 0 Å². The first-order valence-corrected chi connectivity index (χ1v) is 42.4. The van der Waals surface area contributed by atoms with E-state index in [0.717, 1.165) is 193 Å². The summed E-state index contributed by atoms with van der Waals surface area (Å²) >= 11 is 6.57. The van der Waals surface area contributed by atoms with Crippen LogP contribution in [0.4, 0.5) is 57.4 Å². The predicted octanol–water partition coefficient (Wildman–Crippen LogP) is 18.7. The fraction of sp³-hybridized carbons (Fsp3) is 0.233. The van der Waals surface area contributed by atoms with Crippen LogP contribution in [-0.4, -0.2) is 181 Å². The van der Waals surface area contributed by atoms with Crippen LogP contribution in [0, 0.1) is 0 Å². The lowest BCUT2D eigenvalue weighted by Crippen LogP contribution is -2.44. The van der Waals surface area contributed by atoms with Crippen molar-refractivity contribution < 1.29 is 23.7 Å². The number of likely N-dealkylation sites (N-methyl/N-ethyl adjacent to an activating group) is 1. The van der Waals surface area contributed by atoms with Crippen molar-refractivity contribution in [2.75, 3.05) is 126 Å². The van der Waals surface area contributed by atoms with E-state index in [1.165, 1.54) is 56.0 Å². The van der Waals surface area contributed by atoms with Crippen LogP contribution in [0.5, 0.6) is 23.0 Å². The number of hydrogen-bond donors (Lipinski definition) is 7. The number of nitrogens with one attached hydrogen (secondary N) is 7. The highest BCUT2D eigenvalue weighted by atomic mass is 32.1. The summed E-state index contributed by atoms with van der Waals surface area (Å²) in [6.45, 7) is 7.33. The van der Waals surface area contributed by atoms with Crippen LogP contribution in [0.2, 0.25) is 0 Å². The van der Waals surface area contributed by atoms with Gasteiger partial charge in [-0.05, 0) is 149 Å². The van der Waals surface area contributed by atoms with Crippen molar-refractivity contribution in [3.05, 3.63) is 201 Å². The maximum absolute atomic E-state index is 5.67. The van der Waals surface area contributed by atoms with Crippen molar-refractivity contribution in [3.8, 4) is 79.2 Å². The van der Waals surface area contributed by atoms with Crippen LogP contribution < -0.4 is 49.6 Å². The summed E-state index contributed by atoms with van der Waals surface area (Å²) in [6, 6.07) is 43.5. The normalized spacial score (nSPS) is 13.8. The molecule has 0 bridgehead atoms. The molecule has 5 aromatic carbocycles. The molecule has 3 aliphatic rings. The van der Waals surface area contributed by atoms with E-state index in [1.807, 2.05) is 70.6 Å². The Labute approximate surface area is 695 Å². The molecule has 598 valence electrons. The Morgan fingerprint density at radius 2 is 0.822 bits per heavy atom. The van der Waals surface area contributed by atoms with Crippen molar-refractivity contribution in [3.63, 3.8) is 0 Å². The van der Waals surface area contributed by atoms with Gasteiger partial charge in [-0.1, -0.05) is 61.7 Å². The van der Waals surface area contributed by atoms with Gasteiger partial charge in [-0.3, -0.25) is 20.4 Å². The van der Waals surface area contributed by atoms with Gasteiger partial charge >= 0.3 is 0 Å². The number of hydrogen-bond acceptors (Lipinski definition) is 28. The largest absolute Gasteiger partial charge is 0.495 e. The van der Waals surface area contributed by atoms with E-state index in [9.17, 15) is 0 Å². The van der Waals surface area contributed by atoms with Gasteiger partial charge in [0, 0.05) is 101 Å². The second kappa shape index (κ2) is 36.0. The summed E-state index contributed by atoms with van der Waals surface area (Å²) in [6.07, 6.45) is 12.6. The fourth-order valence-corrected chi connectivity index (χ4v) is 17.6. The van der Waals surface area contributed by atoms with E-state index in [2.05, 4.69) is 230 Å². The zero-order valence-electron chi connectivity index (χ0n) is 65.7. The zero-order chi connectivity index (χ0) is 80.3. The van der Waals surface area contributed by atoms with Gasteiger partial charge in [0.05, 0.1) is 109 Å². The lowest BCUT2D eigenvalue weighted by atomic mass is 9.84. The van der Waals surface area contributed by atoms with Crippen molar-refractivity contribution in [2.24, 2.45) is 0 Å². The highest BCUT2D eigenvalue weighted by Gasteiger charge is 2.26. The van der Waals surface area contributed by atoms with Gasteiger partial charge in [-0.2, -0.15) is 65.7 Å². The molecule has 1 saturated carbocycles. The molecular weight excluding hydrogens is 1560 g/mol. The fourth-order valence-electron chi connectivity index (χ4n) is 15.0. The van der Waals surface area contributed by atoms with Crippen molar-refractivity contribution in [1.82, 2.24) is 85.6 Å².